The summed E-state index contributed by atoms with van der Waals surface area (Å²) < 4.78 is 0. The predicted molar refractivity (Wildman–Crippen MR) is 79.3 cm³/mol. The Labute approximate surface area is 113 Å². The van der Waals surface area contributed by atoms with E-state index in [9.17, 15) is 0 Å². The Morgan fingerprint density at radius 1 is 1.21 bits per heavy atom. The molecule has 2 atom stereocenters. The van der Waals surface area contributed by atoms with E-state index in [1.54, 1.807) is 0 Å². The molecule has 1 aromatic heterocycles. The van der Waals surface area contributed by atoms with Gasteiger partial charge < -0.3 is 4.98 Å². The van der Waals surface area contributed by atoms with Gasteiger partial charge in [-0.15, -0.1) is 0 Å². The maximum absolute atomic E-state index is 4.58. The van der Waals surface area contributed by atoms with Crippen LogP contribution in [0.5, 0.6) is 0 Å². The van der Waals surface area contributed by atoms with Crippen molar-refractivity contribution >= 4 is 22.7 Å². The number of nitrogens with zero attached hydrogens (tertiary/aromatic N) is 2. The average Bonchev–Trinajstić information content (AvgIpc) is 2.81. The van der Waals surface area contributed by atoms with Gasteiger partial charge in [-0.2, -0.15) is 5.10 Å². The van der Waals surface area contributed by atoms with Crippen molar-refractivity contribution in [2.45, 2.75) is 33.1 Å². The van der Waals surface area contributed by atoms with E-state index in [0.29, 0.717) is 11.8 Å². The number of nitrogens with one attached hydrogen (secondary N) is 2. The van der Waals surface area contributed by atoms with Crippen molar-refractivity contribution < 1.29 is 0 Å². The third kappa shape index (κ3) is 2.48. The molecule has 0 amide bonds. The lowest BCUT2D eigenvalue weighted by molar-refractivity contribution is 0.486. The van der Waals surface area contributed by atoms with Gasteiger partial charge in [-0.25, -0.2) is 10.4 Å². The molecule has 100 valence electrons. The van der Waals surface area contributed by atoms with Crippen LogP contribution in [-0.2, 0) is 0 Å². The van der Waals surface area contributed by atoms with E-state index in [-0.39, 0.29) is 0 Å². The molecule has 2 N–H and O–H groups in total. The molecule has 1 aliphatic rings. The molecule has 3 rings (SSSR count). The number of hydrazone groups is 1. The van der Waals surface area contributed by atoms with Gasteiger partial charge in [0.05, 0.1) is 11.0 Å². The van der Waals surface area contributed by atoms with E-state index >= 15 is 0 Å². The third-order valence-corrected chi connectivity index (χ3v) is 3.96. The van der Waals surface area contributed by atoms with Crippen molar-refractivity contribution in [1.29, 1.82) is 0 Å². The van der Waals surface area contributed by atoms with E-state index in [1.165, 1.54) is 25.0 Å². The quantitative estimate of drug-likeness (QED) is 0.803. The Balaban J connectivity index is 1.80. The Bertz CT molecular complexity index is 554. The molecule has 1 saturated carbocycles. The molecule has 0 bridgehead atoms. The molecule has 0 saturated heterocycles. The van der Waals surface area contributed by atoms with Crippen LogP contribution in [-0.4, -0.2) is 15.7 Å². The largest absolute Gasteiger partial charge is 0.323 e. The summed E-state index contributed by atoms with van der Waals surface area (Å²) in [6, 6.07) is 8.01. The first-order chi connectivity index (χ1) is 9.24. The van der Waals surface area contributed by atoms with Gasteiger partial charge in [0.15, 0.2) is 0 Å². The number of H-pyrrole nitrogens is 1. The summed E-state index contributed by atoms with van der Waals surface area (Å²) in [5.74, 6) is 1.86. The van der Waals surface area contributed by atoms with Gasteiger partial charge in [0.1, 0.15) is 0 Å². The van der Waals surface area contributed by atoms with Crippen molar-refractivity contribution in [2.75, 3.05) is 5.43 Å². The second kappa shape index (κ2) is 5.03. The number of hydrogen-bond acceptors (Lipinski definition) is 3. The fourth-order valence-corrected chi connectivity index (χ4v) is 2.86. The normalized spacial score (nSPS) is 23.6. The van der Waals surface area contributed by atoms with Gasteiger partial charge in [0.2, 0.25) is 5.95 Å². The van der Waals surface area contributed by atoms with Crippen LogP contribution in [0, 0.1) is 11.8 Å². The summed E-state index contributed by atoms with van der Waals surface area (Å²) in [5, 5.41) is 4.58. The zero-order valence-corrected chi connectivity index (χ0v) is 11.5. The number of para-hydroxylation sites is 2. The molecule has 1 heterocycles. The first-order valence-corrected chi connectivity index (χ1v) is 7.02. The lowest BCUT2D eigenvalue weighted by atomic mass is 9.81. The number of benzene rings is 1. The Morgan fingerprint density at radius 2 is 1.95 bits per heavy atom. The Morgan fingerprint density at radius 3 is 2.68 bits per heavy atom. The van der Waals surface area contributed by atoms with E-state index in [4.69, 9.17) is 0 Å². The van der Waals surface area contributed by atoms with Gasteiger partial charge >= 0.3 is 0 Å². The smallest absolute Gasteiger partial charge is 0.222 e. The molecule has 19 heavy (non-hydrogen) atoms. The molecule has 0 spiro atoms. The summed E-state index contributed by atoms with van der Waals surface area (Å²) in [6.45, 7) is 4.52. The van der Waals surface area contributed by atoms with Crippen LogP contribution >= 0.6 is 0 Å². The van der Waals surface area contributed by atoms with Gasteiger partial charge in [0, 0.05) is 5.71 Å². The van der Waals surface area contributed by atoms with Gasteiger partial charge in [0.25, 0.3) is 0 Å². The van der Waals surface area contributed by atoms with Gasteiger partial charge in [-0.05, 0) is 36.8 Å². The molecule has 0 radical (unpaired) electrons. The molecule has 1 aromatic carbocycles. The number of imidazole rings is 1. The molecule has 0 unspecified atom stereocenters. The highest BCUT2D eigenvalue weighted by atomic mass is 15.4. The maximum Gasteiger partial charge on any atom is 0.222 e. The van der Waals surface area contributed by atoms with Crippen LogP contribution in [0.2, 0.25) is 0 Å². The fraction of sp³-hybridized carbons (Fsp3) is 0.467. The molecule has 4 heteroatoms. The summed E-state index contributed by atoms with van der Waals surface area (Å²) in [5.41, 5.74) is 6.36. The standard InChI is InChI=1S/C15H20N4/c1-10-6-5-7-11(2)14(10)18-19-15-16-12-8-3-4-9-13(12)17-15/h3-4,8-11H,5-7H2,1-2H3,(H2,16,17,19)/t10-,11-/m1/s1. The lowest BCUT2D eigenvalue weighted by Gasteiger charge is -2.26. The Kier molecular flexibility index (Phi) is 3.23. The number of rotatable bonds is 2. The molecular weight excluding hydrogens is 236 g/mol. The SMILES string of the molecule is C[C@@H]1CCC[C@@H](C)C1=NNc1nc2ccccc2[nH]1. The van der Waals surface area contributed by atoms with Crippen LogP contribution in [0.15, 0.2) is 29.4 Å². The first kappa shape index (κ1) is 12.2. The van der Waals surface area contributed by atoms with Crippen LogP contribution in [0.3, 0.4) is 0 Å². The first-order valence-electron chi connectivity index (χ1n) is 7.02. The zero-order chi connectivity index (χ0) is 13.2. The highest BCUT2D eigenvalue weighted by molar-refractivity contribution is 5.89. The number of aromatic amines is 1. The number of anilines is 1. The fourth-order valence-electron chi connectivity index (χ4n) is 2.86. The average molecular weight is 256 g/mol. The maximum atomic E-state index is 4.58. The number of hydrogen-bond donors (Lipinski definition) is 2. The molecular formula is C15H20N4. The molecule has 4 nitrogen and oxygen atoms in total. The highest BCUT2D eigenvalue weighted by Crippen LogP contribution is 2.26. The molecule has 2 aromatic rings. The number of aromatic nitrogens is 2. The predicted octanol–water partition coefficient (Wildman–Crippen LogP) is 3.79. The van der Waals surface area contributed by atoms with Crippen LogP contribution in [0.4, 0.5) is 5.95 Å². The molecule has 1 aliphatic carbocycles. The molecule has 0 aliphatic heterocycles. The lowest BCUT2D eigenvalue weighted by Crippen LogP contribution is -2.25. The molecule has 1 fully saturated rings. The van der Waals surface area contributed by atoms with Gasteiger partial charge in [-0.3, -0.25) is 0 Å². The van der Waals surface area contributed by atoms with E-state index in [1.807, 2.05) is 24.3 Å². The summed E-state index contributed by atoms with van der Waals surface area (Å²) in [6.07, 6.45) is 3.79. The highest BCUT2D eigenvalue weighted by Gasteiger charge is 2.22. The topological polar surface area (TPSA) is 53.1 Å². The monoisotopic (exact) mass is 256 g/mol. The second-order valence-corrected chi connectivity index (χ2v) is 5.48. The minimum absolute atomic E-state index is 0.570. The Hall–Kier alpha value is -1.84. The van der Waals surface area contributed by atoms with Crippen molar-refractivity contribution in [2.24, 2.45) is 16.9 Å². The summed E-state index contributed by atoms with van der Waals surface area (Å²) in [4.78, 5) is 7.71. The van der Waals surface area contributed by atoms with Crippen molar-refractivity contribution in [3.8, 4) is 0 Å². The van der Waals surface area contributed by atoms with E-state index < -0.39 is 0 Å². The van der Waals surface area contributed by atoms with Gasteiger partial charge in [-0.1, -0.05) is 32.4 Å². The second-order valence-electron chi connectivity index (χ2n) is 5.48. The third-order valence-electron chi connectivity index (χ3n) is 3.96. The summed E-state index contributed by atoms with van der Waals surface area (Å²) in [7, 11) is 0. The van der Waals surface area contributed by atoms with E-state index in [2.05, 4.69) is 34.3 Å². The van der Waals surface area contributed by atoms with Crippen molar-refractivity contribution in [1.82, 2.24) is 9.97 Å². The van der Waals surface area contributed by atoms with Crippen LogP contribution < -0.4 is 5.43 Å². The van der Waals surface area contributed by atoms with Crippen molar-refractivity contribution in [3.05, 3.63) is 24.3 Å². The summed E-state index contributed by atoms with van der Waals surface area (Å²) >= 11 is 0. The zero-order valence-electron chi connectivity index (χ0n) is 11.5. The van der Waals surface area contributed by atoms with Crippen LogP contribution in [0.1, 0.15) is 33.1 Å². The number of fused-ring (bicyclic) bond motifs is 1. The minimum Gasteiger partial charge on any atom is -0.323 e. The van der Waals surface area contributed by atoms with Crippen molar-refractivity contribution in [3.63, 3.8) is 0 Å². The minimum atomic E-state index is 0.570. The van der Waals surface area contributed by atoms with E-state index in [0.717, 1.165) is 17.0 Å². The van der Waals surface area contributed by atoms with Crippen LogP contribution in [0.25, 0.3) is 11.0 Å².